The summed E-state index contributed by atoms with van der Waals surface area (Å²) < 4.78 is 0. The first-order valence-electron chi connectivity index (χ1n) is 10.2. The van der Waals surface area contributed by atoms with Crippen molar-refractivity contribution in [3.05, 3.63) is 90.5 Å². The Balaban J connectivity index is 1.66. The molecule has 3 aromatic rings. The maximum Gasteiger partial charge on any atom is 0.319 e. The Morgan fingerprint density at radius 2 is 1.41 bits per heavy atom. The number of nitrogens with one attached hydrogen (secondary N) is 2. The molecule has 0 saturated carbocycles. The number of benzene rings is 3. The van der Waals surface area contributed by atoms with Gasteiger partial charge in [-0.3, -0.25) is 9.59 Å². The standard InChI is InChI=1S/C25H26N4O3/c1-19-10-9-11-20(16-19)27-25(32)26-17-23(30)29(22-14-7-4-8-15-22)18-24(31)28(2)21-12-5-3-6-13-21/h3-16H,17-18H2,1-2H3,(H2,26,27,32). The number of hydrogen-bond acceptors (Lipinski definition) is 3. The van der Waals surface area contributed by atoms with E-state index in [9.17, 15) is 14.4 Å². The minimum Gasteiger partial charge on any atom is -0.329 e. The molecule has 32 heavy (non-hydrogen) atoms. The van der Waals surface area contributed by atoms with Gasteiger partial charge in [0.15, 0.2) is 0 Å². The lowest BCUT2D eigenvalue weighted by molar-refractivity contribution is -0.121. The fraction of sp³-hybridized carbons (Fsp3) is 0.160. The van der Waals surface area contributed by atoms with Crippen LogP contribution in [0.2, 0.25) is 0 Å². The van der Waals surface area contributed by atoms with Gasteiger partial charge in [-0.2, -0.15) is 0 Å². The monoisotopic (exact) mass is 430 g/mol. The van der Waals surface area contributed by atoms with Crippen molar-refractivity contribution in [1.82, 2.24) is 5.32 Å². The second-order valence-corrected chi connectivity index (χ2v) is 7.28. The van der Waals surface area contributed by atoms with Crippen molar-refractivity contribution >= 4 is 34.9 Å². The maximum atomic E-state index is 13.0. The van der Waals surface area contributed by atoms with Gasteiger partial charge in [0, 0.05) is 24.1 Å². The largest absolute Gasteiger partial charge is 0.329 e. The molecule has 3 aromatic carbocycles. The lowest BCUT2D eigenvalue weighted by Gasteiger charge is -2.25. The molecule has 7 heteroatoms. The van der Waals surface area contributed by atoms with E-state index in [0.717, 1.165) is 11.3 Å². The van der Waals surface area contributed by atoms with Gasteiger partial charge >= 0.3 is 6.03 Å². The molecule has 0 spiro atoms. The zero-order valence-electron chi connectivity index (χ0n) is 18.1. The van der Waals surface area contributed by atoms with Gasteiger partial charge in [-0.15, -0.1) is 0 Å². The highest BCUT2D eigenvalue weighted by molar-refractivity contribution is 6.05. The van der Waals surface area contributed by atoms with E-state index in [4.69, 9.17) is 0 Å². The quantitative estimate of drug-likeness (QED) is 0.598. The Labute approximate surface area is 187 Å². The van der Waals surface area contributed by atoms with E-state index in [1.807, 2.05) is 61.5 Å². The smallest absolute Gasteiger partial charge is 0.319 e. The molecule has 0 fully saturated rings. The number of nitrogens with zero attached hydrogens (tertiary/aromatic N) is 2. The van der Waals surface area contributed by atoms with E-state index in [-0.39, 0.29) is 19.0 Å². The fourth-order valence-electron chi connectivity index (χ4n) is 3.12. The van der Waals surface area contributed by atoms with Gasteiger partial charge in [0.25, 0.3) is 0 Å². The molecule has 0 aliphatic carbocycles. The minimum absolute atomic E-state index is 0.157. The van der Waals surface area contributed by atoms with Crippen LogP contribution in [0.25, 0.3) is 0 Å². The Hall–Kier alpha value is -4.13. The average Bonchev–Trinajstić information content (AvgIpc) is 2.81. The van der Waals surface area contributed by atoms with E-state index in [1.165, 1.54) is 9.80 Å². The molecular formula is C25H26N4O3. The molecule has 4 amide bonds. The van der Waals surface area contributed by atoms with Crippen LogP contribution in [-0.4, -0.2) is 38.0 Å². The van der Waals surface area contributed by atoms with Gasteiger partial charge in [-0.25, -0.2) is 4.79 Å². The molecule has 164 valence electrons. The van der Waals surface area contributed by atoms with Crippen LogP contribution in [0.3, 0.4) is 0 Å². The summed E-state index contributed by atoms with van der Waals surface area (Å²) in [6.07, 6.45) is 0. The molecule has 0 aromatic heterocycles. The zero-order valence-corrected chi connectivity index (χ0v) is 18.1. The number of amides is 4. The van der Waals surface area contributed by atoms with Gasteiger partial charge in [0.1, 0.15) is 6.54 Å². The molecule has 0 heterocycles. The predicted molar refractivity (Wildman–Crippen MR) is 127 cm³/mol. The maximum absolute atomic E-state index is 13.0. The van der Waals surface area contributed by atoms with E-state index >= 15 is 0 Å². The predicted octanol–water partition coefficient (Wildman–Crippen LogP) is 3.81. The van der Waals surface area contributed by atoms with Crippen LogP contribution in [-0.2, 0) is 9.59 Å². The van der Waals surface area contributed by atoms with Gasteiger partial charge in [-0.05, 0) is 48.9 Å². The molecule has 3 rings (SSSR count). The first kappa shape index (κ1) is 22.6. The third kappa shape index (κ3) is 6.18. The zero-order chi connectivity index (χ0) is 22.9. The Kier molecular flexibility index (Phi) is 7.59. The molecule has 7 nitrogen and oxygen atoms in total. The van der Waals surface area contributed by atoms with E-state index in [0.29, 0.717) is 11.4 Å². The summed E-state index contributed by atoms with van der Waals surface area (Å²) in [6, 6.07) is 25.0. The van der Waals surface area contributed by atoms with Crippen molar-refractivity contribution in [1.29, 1.82) is 0 Å². The second-order valence-electron chi connectivity index (χ2n) is 7.28. The van der Waals surface area contributed by atoms with Crippen molar-refractivity contribution in [2.24, 2.45) is 0 Å². The van der Waals surface area contributed by atoms with Crippen LogP contribution in [0.1, 0.15) is 5.56 Å². The molecular weight excluding hydrogens is 404 g/mol. The van der Waals surface area contributed by atoms with Crippen LogP contribution in [0.4, 0.5) is 21.9 Å². The van der Waals surface area contributed by atoms with E-state index in [1.54, 1.807) is 37.4 Å². The van der Waals surface area contributed by atoms with Crippen molar-refractivity contribution in [2.75, 3.05) is 35.3 Å². The highest BCUT2D eigenvalue weighted by atomic mass is 16.2. The highest BCUT2D eigenvalue weighted by Gasteiger charge is 2.22. The summed E-state index contributed by atoms with van der Waals surface area (Å²) in [4.78, 5) is 40.9. The summed E-state index contributed by atoms with van der Waals surface area (Å²) in [7, 11) is 1.67. The average molecular weight is 431 g/mol. The lowest BCUT2D eigenvalue weighted by atomic mass is 10.2. The Bertz CT molecular complexity index is 1070. The third-order valence-electron chi connectivity index (χ3n) is 4.86. The van der Waals surface area contributed by atoms with Gasteiger partial charge < -0.3 is 20.4 Å². The van der Waals surface area contributed by atoms with Crippen LogP contribution >= 0.6 is 0 Å². The number of aryl methyl sites for hydroxylation is 1. The number of carbonyl (C=O) groups is 3. The van der Waals surface area contributed by atoms with Gasteiger partial charge in [0.05, 0.1) is 6.54 Å². The van der Waals surface area contributed by atoms with Gasteiger partial charge in [-0.1, -0.05) is 48.5 Å². The molecule has 0 atom stereocenters. The normalized spacial score (nSPS) is 10.2. The SMILES string of the molecule is Cc1cccc(NC(=O)NCC(=O)N(CC(=O)N(C)c2ccccc2)c2ccccc2)c1. The summed E-state index contributed by atoms with van der Waals surface area (Å²) >= 11 is 0. The summed E-state index contributed by atoms with van der Waals surface area (Å²) in [5.41, 5.74) is 2.95. The molecule has 0 bridgehead atoms. The lowest BCUT2D eigenvalue weighted by Crippen LogP contribution is -2.46. The number of anilines is 3. The Morgan fingerprint density at radius 1 is 0.781 bits per heavy atom. The van der Waals surface area contributed by atoms with Crippen molar-refractivity contribution in [2.45, 2.75) is 6.92 Å². The molecule has 0 radical (unpaired) electrons. The first-order chi connectivity index (χ1) is 15.4. The van der Waals surface area contributed by atoms with Crippen molar-refractivity contribution in [3.8, 4) is 0 Å². The van der Waals surface area contributed by atoms with Crippen LogP contribution < -0.4 is 20.4 Å². The summed E-state index contributed by atoms with van der Waals surface area (Å²) in [6.45, 7) is 1.51. The fourth-order valence-corrected chi connectivity index (χ4v) is 3.12. The highest BCUT2D eigenvalue weighted by Crippen LogP contribution is 2.16. The van der Waals surface area contributed by atoms with Crippen LogP contribution in [0, 0.1) is 6.92 Å². The number of likely N-dealkylation sites (N-methyl/N-ethyl adjacent to an activating group) is 1. The number of rotatable bonds is 7. The van der Waals surface area contributed by atoms with Crippen LogP contribution in [0.15, 0.2) is 84.9 Å². The number of hydrogen-bond donors (Lipinski definition) is 2. The molecule has 0 aliphatic heterocycles. The second kappa shape index (κ2) is 10.8. The topological polar surface area (TPSA) is 81.8 Å². The molecule has 2 N–H and O–H groups in total. The number of carbonyl (C=O) groups excluding carboxylic acids is 3. The minimum atomic E-state index is -0.496. The molecule has 0 saturated heterocycles. The number of para-hydroxylation sites is 2. The molecule has 0 aliphatic rings. The van der Waals surface area contributed by atoms with Crippen molar-refractivity contribution < 1.29 is 14.4 Å². The van der Waals surface area contributed by atoms with E-state index in [2.05, 4.69) is 10.6 Å². The molecule has 0 unspecified atom stereocenters. The summed E-state index contributed by atoms with van der Waals surface area (Å²) in [5.74, 6) is -0.650. The Morgan fingerprint density at radius 3 is 2.03 bits per heavy atom. The summed E-state index contributed by atoms with van der Waals surface area (Å²) in [5, 5.41) is 5.27. The van der Waals surface area contributed by atoms with Gasteiger partial charge in [0.2, 0.25) is 11.8 Å². The number of urea groups is 1. The third-order valence-corrected chi connectivity index (χ3v) is 4.86. The van der Waals surface area contributed by atoms with Crippen molar-refractivity contribution in [3.63, 3.8) is 0 Å². The van der Waals surface area contributed by atoms with E-state index < -0.39 is 11.9 Å². The van der Waals surface area contributed by atoms with Crippen LogP contribution in [0.5, 0.6) is 0 Å². The first-order valence-corrected chi connectivity index (χ1v) is 10.2.